The highest BCUT2D eigenvalue weighted by atomic mass is 35.5. The molecule has 0 bridgehead atoms. The number of nitrogens with one attached hydrogen (secondary N) is 2. The number of rotatable bonds is 5. The molecule has 1 aromatic carbocycles. The third kappa shape index (κ3) is 6.45. The van der Waals surface area contributed by atoms with Gasteiger partial charge in [0.05, 0.1) is 6.10 Å². The molecule has 1 aromatic rings. The van der Waals surface area contributed by atoms with E-state index in [-0.39, 0.29) is 17.6 Å². The first-order valence-electron chi connectivity index (χ1n) is 6.27. The molecule has 0 heterocycles. The Hall–Kier alpha value is -1.26. The predicted octanol–water partition coefficient (Wildman–Crippen LogP) is 3.26. The fourth-order valence-corrected chi connectivity index (χ4v) is 2.03. The molecule has 4 nitrogen and oxygen atoms in total. The molecule has 0 fully saturated rings. The maximum absolute atomic E-state index is 11.7. The van der Waals surface area contributed by atoms with Gasteiger partial charge in [-0.15, -0.1) is 0 Å². The van der Waals surface area contributed by atoms with E-state index in [1.807, 2.05) is 13.8 Å². The van der Waals surface area contributed by atoms with Gasteiger partial charge in [0.25, 0.3) is 0 Å². The number of hydrogen-bond acceptors (Lipinski definition) is 2. The lowest BCUT2D eigenvalue weighted by atomic mass is 9.87. The molecule has 0 spiro atoms. The Morgan fingerprint density at radius 3 is 2.47 bits per heavy atom. The number of amides is 2. The van der Waals surface area contributed by atoms with Gasteiger partial charge in [0.2, 0.25) is 0 Å². The maximum Gasteiger partial charge on any atom is 0.319 e. The summed E-state index contributed by atoms with van der Waals surface area (Å²) in [6.07, 6.45) is 0.255. The second-order valence-corrected chi connectivity index (χ2v) is 5.97. The van der Waals surface area contributed by atoms with Gasteiger partial charge >= 0.3 is 6.03 Å². The lowest BCUT2D eigenvalue weighted by molar-refractivity contribution is 0.129. The summed E-state index contributed by atoms with van der Waals surface area (Å²) in [6.45, 7) is 6.25. The van der Waals surface area contributed by atoms with Crippen LogP contribution in [0.25, 0.3) is 0 Å². The first kappa shape index (κ1) is 15.8. The summed E-state index contributed by atoms with van der Waals surface area (Å²) >= 11 is 5.77. The monoisotopic (exact) mass is 284 g/mol. The molecule has 0 aliphatic carbocycles. The van der Waals surface area contributed by atoms with E-state index in [1.165, 1.54) is 0 Å². The number of aliphatic hydroxyl groups excluding tert-OH is 1. The summed E-state index contributed by atoms with van der Waals surface area (Å²) in [7, 11) is 0. The van der Waals surface area contributed by atoms with E-state index < -0.39 is 0 Å². The highest BCUT2D eigenvalue weighted by molar-refractivity contribution is 6.30. The van der Waals surface area contributed by atoms with Gasteiger partial charge in [-0.2, -0.15) is 0 Å². The van der Waals surface area contributed by atoms with Crippen LogP contribution in [0, 0.1) is 5.41 Å². The number of urea groups is 1. The van der Waals surface area contributed by atoms with Crippen LogP contribution in [-0.2, 0) is 0 Å². The third-order valence-corrected chi connectivity index (χ3v) is 2.93. The molecule has 0 aliphatic rings. The molecule has 106 valence electrons. The van der Waals surface area contributed by atoms with E-state index in [4.69, 9.17) is 11.6 Å². The average molecular weight is 285 g/mol. The molecule has 0 saturated carbocycles. The highest BCUT2D eigenvalue weighted by Crippen LogP contribution is 2.21. The van der Waals surface area contributed by atoms with Gasteiger partial charge in [0, 0.05) is 17.3 Å². The van der Waals surface area contributed by atoms with Crippen LogP contribution in [-0.4, -0.2) is 23.8 Å². The summed E-state index contributed by atoms with van der Waals surface area (Å²) in [5.41, 5.74) is 0.543. The van der Waals surface area contributed by atoms with Crippen molar-refractivity contribution in [2.75, 3.05) is 11.9 Å². The molecule has 0 radical (unpaired) electrons. The topological polar surface area (TPSA) is 61.4 Å². The van der Waals surface area contributed by atoms with E-state index in [2.05, 4.69) is 10.6 Å². The number of carbonyl (C=O) groups is 1. The van der Waals surface area contributed by atoms with Crippen molar-refractivity contribution < 1.29 is 9.90 Å². The van der Waals surface area contributed by atoms with Crippen molar-refractivity contribution in [2.24, 2.45) is 5.41 Å². The van der Waals surface area contributed by atoms with Crippen LogP contribution in [0.15, 0.2) is 24.3 Å². The van der Waals surface area contributed by atoms with Gasteiger partial charge < -0.3 is 15.7 Å². The fraction of sp³-hybridized carbons (Fsp3) is 0.500. The van der Waals surface area contributed by atoms with Crippen molar-refractivity contribution in [2.45, 2.75) is 33.3 Å². The highest BCUT2D eigenvalue weighted by Gasteiger charge is 2.20. The first-order chi connectivity index (χ1) is 8.78. The maximum atomic E-state index is 11.7. The van der Waals surface area contributed by atoms with Crippen molar-refractivity contribution in [1.29, 1.82) is 0 Å². The minimum absolute atomic E-state index is 0.147. The standard InChI is InChI=1S/C14H21ClN2O2/c1-10(18)8-14(2,3)9-16-13(19)17-12-6-4-11(15)5-7-12/h4-7,10,18H,8-9H2,1-3H3,(H2,16,17,19). The summed E-state index contributed by atoms with van der Waals surface area (Å²) in [6, 6.07) is 6.65. The van der Waals surface area contributed by atoms with Gasteiger partial charge in [-0.05, 0) is 43.0 Å². The zero-order valence-electron chi connectivity index (χ0n) is 11.5. The smallest absolute Gasteiger partial charge is 0.319 e. The lowest BCUT2D eigenvalue weighted by Gasteiger charge is -2.26. The number of aliphatic hydroxyl groups is 1. The van der Waals surface area contributed by atoms with E-state index in [1.54, 1.807) is 31.2 Å². The van der Waals surface area contributed by atoms with Crippen molar-refractivity contribution >= 4 is 23.3 Å². The molecule has 5 heteroatoms. The Morgan fingerprint density at radius 2 is 1.95 bits per heavy atom. The Labute approximate surface area is 119 Å². The molecule has 0 aliphatic heterocycles. The average Bonchev–Trinajstić information content (AvgIpc) is 2.28. The molecule has 1 rings (SSSR count). The van der Waals surface area contributed by atoms with Crippen LogP contribution in [0.4, 0.5) is 10.5 Å². The second kappa shape index (κ2) is 6.78. The van der Waals surface area contributed by atoms with Gasteiger partial charge in [0.15, 0.2) is 0 Å². The molecular weight excluding hydrogens is 264 g/mol. The predicted molar refractivity (Wildman–Crippen MR) is 78.6 cm³/mol. The molecular formula is C14H21ClN2O2. The Morgan fingerprint density at radius 1 is 1.37 bits per heavy atom. The van der Waals surface area contributed by atoms with Crippen LogP contribution in [0.1, 0.15) is 27.2 Å². The zero-order chi connectivity index (χ0) is 14.5. The van der Waals surface area contributed by atoms with E-state index in [0.717, 1.165) is 0 Å². The van der Waals surface area contributed by atoms with Crippen molar-refractivity contribution in [1.82, 2.24) is 5.32 Å². The number of hydrogen-bond donors (Lipinski definition) is 3. The van der Waals surface area contributed by atoms with E-state index >= 15 is 0 Å². The van der Waals surface area contributed by atoms with E-state index in [0.29, 0.717) is 23.7 Å². The Balaban J connectivity index is 2.41. The normalized spacial score (nSPS) is 12.9. The minimum Gasteiger partial charge on any atom is -0.393 e. The quantitative estimate of drug-likeness (QED) is 0.777. The van der Waals surface area contributed by atoms with Crippen molar-refractivity contribution in [3.05, 3.63) is 29.3 Å². The fourth-order valence-electron chi connectivity index (χ4n) is 1.90. The lowest BCUT2D eigenvalue weighted by Crippen LogP contribution is -2.38. The summed E-state index contributed by atoms with van der Waals surface area (Å²) < 4.78 is 0. The number of benzene rings is 1. The molecule has 0 aromatic heterocycles. The second-order valence-electron chi connectivity index (χ2n) is 5.53. The molecule has 1 unspecified atom stereocenters. The van der Waals surface area contributed by atoms with Gasteiger partial charge in [-0.1, -0.05) is 25.4 Å². The first-order valence-corrected chi connectivity index (χ1v) is 6.65. The molecule has 3 N–H and O–H groups in total. The SMILES string of the molecule is CC(O)CC(C)(C)CNC(=O)Nc1ccc(Cl)cc1. The van der Waals surface area contributed by atoms with Crippen LogP contribution in [0.2, 0.25) is 5.02 Å². The largest absolute Gasteiger partial charge is 0.393 e. The van der Waals surface area contributed by atoms with Gasteiger partial charge in [-0.3, -0.25) is 0 Å². The summed E-state index contributed by atoms with van der Waals surface area (Å²) in [5, 5.41) is 15.5. The van der Waals surface area contributed by atoms with Crippen LogP contribution < -0.4 is 10.6 Å². The molecule has 0 saturated heterocycles. The van der Waals surface area contributed by atoms with Gasteiger partial charge in [0.1, 0.15) is 0 Å². The molecule has 19 heavy (non-hydrogen) atoms. The Kier molecular flexibility index (Phi) is 5.63. The summed E-state index contributed by atoms with van der Waals surface area (Å²) in [5.74, 6) is 0. The zero-order valence-corrected chi connectivity index (χ0v) is 12.3. The van der Waals surface area contributed by atoms with Crippen LogP contribution in [0.3, 0.4) is 0 Å². The minimum atomic E-state index is -0.379. The third-order valence-electron chi connectivity index (χ3n) is 2.68. The summed E-state index contributed by atoms with van der Waals surface area (Å²) in [4.78, 5) is 11.7. The van der Waals surface area contributed by atoms with Crippen molar-refractivity contribution in [3.63, 3.8) is 0 Å². The van der Waals surface area contributed by atoms with Crippen molar-refractivity contribution in [3.8, 4) is 0 Å². The van der Waals surface area contributed by atoms with Crippen LogP contribution >= 0.6 is 11.6 Å². The number of halogens is 1. The van der Waals surface area contributed by atoms with Crippen LogP contribution in [0.5, 0.6) is 0 Å². The van der Waals surface area contributed by atoms with Gasteiger partial charge in [-0.25, -0.2) is 4.79 Å². The number of carbonyl (C=O) groups excluding carboxylic acids is 1. The Bertz CT molecular complexity index is 416. The molecule has 2 amide bonds. The number of anilines is 1. The van der Waals surface area contributed by atoms with E-state index in [9.17, 15) is 9.90 Å². The molecule has 1 atom stereocenters.